The molecule has 0 heterocycles. The quantitative estimate of drug-likeness (QED) is 0.595. The average Bonchev–Trinajstić information content (AvgIpc) is 2.82. The highest BCUT2D eigenvalue weighted by molar-refractivity contribution is 5.51. The van der Waals surface area contributed by atoms with E-state index in [1.54, 1.807) is 13.8 Å². The van der Waals surface area contributed by atoms with Crippen LogP contribution in [-0.2, 0) is 5.54 Å². The van der Waals surface area contributed by atoms with Crippen molar-refractivity contribution in [2.75, 3.05) is 0 Å². The highest BCUT2D eigenvalue weighted by Gasteiger charge is 2.40. The van der Waals surface area contributed by atoms with E-state index in [0.717, 1.165) is 18.4 Å². The van der Waals surface area contributed by atoms with Crippen LogP contribution in [0.2, 0.25) is 0 Å². The second kappa shape index (κ2) is 3.03. The van der Waals surface area contributed by atoms with Gasteiger partial charge in [-0.15, -0.1) is 0 Å². The lowest BCUT2D eigenvalue weighted by molar-refractivity contribution is -0.386. The predicted molar refractivity (Wildman–Crippen MR) is 57.7 cm³/mol. The molecule has 0 spiro atoms. The third-order valence-corrected chi connectivity index (χ3v) is 3.04. The van der Waals surface area contributed by atoms with Crippen molar-refractivity contribution in [1.82, 2.24) is 0 Å². The van der Waals surface area contributed by atoms with Gasteiger partial charge in [0, 0.05) is 16.7 Å². The maximum absolute atomic E-state index is 10.8. The topological polar surface area (TPSA) is 69.2 Å². The molecule has 4 heteroatoms. The minimum Gasteiger partial charge on any atom is -0.321 e. The zero-order valence-corrected chi connectivity index (χ0v) is 8.91. The van der Waals surface area contributed by atoms with E-state index >= 15 is 0 Å². The van der Waals surface area contributed by atoms with Crippen LogP contribution in [0.1, 0.15) is 29.5 Å². The summed E-state index contributed by atoms with van der Waals surface area (Å²) in [5.74, 6) is 0. The van der Waals surface area contributed by atoms with Crippen LogP contribution in [0, 0.1) is 24.0 Å². The molecule has 0 amide bonds. The van der Waals surface area contributed by atoms with Gasteiger partial charge >= 0.3 is 0 Å². The molecule has 1 saturated carbocycles. The van der Waals surface area contributed by atoms with Crippen molar-refractivity contribution in [2.24, 2.45) is 5.73 Å². The summed E-state index contributed by atoms with van der Waals surface area (Å²) < 4.78 is 0. The minimum atomic E-state index is -0.329. The molecule has 2 rings (SSSR count). The van der Waals surface area contributed by atoms with E-state index in [0.29, 0.717) is 11.1 Å². The average molecular weight is 206 g/mol. The summed E-state index contributed by atoms with van der Waals surface area (Å²) in [5.41, 5.74) is 8.49. The van der Waals surface area contributed by atoms with E-state index < -0.39 is 0 Å². The van der Waals surface area contributed by atoms with Crippen LogP contribution in [0.3, 0.4) is 0 Å². The molecule has 0 saturated heterocycles. The number of aryl methyl sites for hydroxylation is 2. The molecule has 15 heavy (non-hydrogen) atoms. The number of nitrogens with two attached hydrogens (primary N) is 1. The molecule has 1 aliphatic carbocycles. The van der Waals surface area contributed by atoms with Crippen molar-refractivity contribution in [1.29, 1.82) is 0 Å². The standard InChI is InChI=1S/C11H14N2O2/c1-7-5-9(11(12)3-4-11)6-8(2)10(7)13(14)15/h5-6H,3-4,12H2,1-2H3. The van der Waals surface area contributed by atoms with Gasteiger partial charge in [-0.2, -0.15) is 0 Å². The van der Waals surface area contributed by atoms with Gasteiger partial charge in [0.15, 0.2) is 0 Å². The maximum Gasteiger partial charge on any atom is 0.275 e. The highest BCUT2D eigenvalue weighted by atomic mass is 16.6. The van der Waals surface area contributed by atoms with Gasteiger partial charge in [0.2, 0.25) is 0 Å². The van der Waals surface area contributed by atoms with Gasteiger partial charge in [0.05, 0.1) is 4.92 Å². The molecule has 2 N–H and O–H groups in total. The third kappa shape index (κ3) is 1.61. The Balaban J connectivity index is 2.52. The lowest BCUT2D eigenvalue weighted by Gasteiger charge is -2.11. The predicted octanol–water partition coefficient (Wildman–Crippen LogP) is 2.16. The van der Waals surface area contributed by atoms with E-state index in [1.807, 2.05) is 12.1 Å². The van der Waals surface area contributed by atoms with E-state index in [1.165, 1.54) is 0 Å². The zero-order chi connectivity index (χ0) is 11.2. The fourth-order valence-corrected chi connectivity index (χ4v) is 1.95. The van der Waals surface area contributed by atoms with Gasteiger partial charge in [0.25, 0.3) is 5.69 Å². The van der Waals surface area contributed by atoms with Crippen LogP contribution in [-0.4, -0.2) is 4.92 Å². The van der Waals surface area contributed by atoms with Crippen LogP contribution < -0.4 is 5.73 Å². The Morgan fingerprint density at radius 2 is 1.80 bits per heavy atom. The van der Waals surface area contributed by atoms with Crippen molar-refractivity contribution in [3.05, 3.63) is 38.9 Å². The van der Waals surface area contributed by atoms with Gasteiger partial charge in [-0.25, -0.2) is 0 Å². The Bertz CT molecular complexity index is 413. The fourth-order valence-electron chi connectivity index (χ4n) is 1.95. The minimum absolute atomic E-state index is 0.211. The smallest absolute Gasteiger partial charge is 0.275 e. The van der Waals surface area contributed by atoms with Crippen LogP contribution >= 0.6 is 0 Å². The highest BCUT2D eigenvalue weighted by Crippen LogP contribution is 2.44. The van der Waals surface area contributed by atoms with Crippen LogP contribution in [0.25, 0.3) is 0 Å². The molecule has 4 nitrogen and oxygen atoms in total. The first-order chi connectivity index (χ1) is 6.94. The van der Waals surface area contributed by atoms with Crippen molar-refractivity contribution in [3.8, 4) is 0 Å². The largest absolute Gasteiger partial charge is 0.321 e. The first-order valence-electron chi connectivity index (χ1n) is 4.99. The van der Waals surface area contributed by atoms with Crippen molar-refractivity contribution in [3.63, 3.8) is 0 Å². The molecule has 0 aliphatic heterocycles. The Kier molecular flexibility index (Phi) is 2.04. The first kappa shape index (κ1) is 10.1. The van der Waals surface area contributed by atoms with Crippen LogP contribution in [0.4, 0.5) is 5.69 Å². The zero-order valence-electron chi connectivity index (χ0n) is 8.91. The molecule has 0 radical (unpaired) electrons. The normalized spacial score (nSPS) is 17.5. The van der Waals surface area contributed by atoms with E-state index in [-0.39, 0.29) is 16.1 Å². The molecular formula is C11H14N2O2. The summed E-state index contributed by atoms with van der Waals surface area (Å²) >= 11 is 0. The first-order valence-corrected chi connectivity index (χ1v) is 4.99. The summed E-state index contributed by atoms with van der Waals surface area (Å²) in [6.45, 7) is 3.53. The number of rotatable bonds is 2. The van der Waals surface area contributed by atoms with Crippen molar-refractivity contribution in [2.45, 2.75) is 32.2 Å². The molecule has 0 unspecified atom stereocenters. The Labute approximate surface area is 88.2 Å². The molecule has 1 aromatic carbocycles. The Morgan fingerprint density at radius 3 is 2.13 bits per heavy atom. The molecule has 0 bridgehead atoms. The van der Waals surface area contributed by atoms with Crippen LogP contribution in [0.15, 0.2) is 12.1 Å². The summed E-state index contributed by atoms with van der Waals surface area (Å²) in [6.07, 6.45) is 1.95. The number of nitro benzene ring substituents is 1. The molecule has 0 atom stereocenters. The molecule has 0 aromatic heterocycles. The van der Waals surface area contributed by atoms with Gasteiger partial charge in [0.1, 0.15) is 0 Å². The SMILES string of the molecule is Cc1cc(C2(N)CC2)cc(C)c1[N+](=O)[O-]. The monoisotopic (exact) mass is 206 g/mol. The van der Waals surface area contributed by atoms with E-state index in [4.69, 9.17) is 5.73 Å². The van der Waals surface area contributed by atoms with Crippen LogP contribution in [0.5, 0.6) is 0 Å². The molecule has 80 valence electrons. The van der Waals surface area contributed by atoms with E-state index in [9.17, 15) is 10.1 Å². The lowest BCUT2D eigenvalue weighted by Crippen LogP contribution is -2.19. The summed E-state index contributed by atoms with van der Waals surface area (Å²) in [5, 5.41) is 10.8. The molecule has 1 fully saturated rings. The Hall–Kier alpha value is -1.42. The number of hydrogen-bond acceptors (Lipinski definition) is 3. The van der Waals surface area contributed by atoms with Gasteiger partial charge in [-0.05, 0) is 44.4 Å². The van der Waals surface area contributed by atoms with E-state index in [2.05, 4.69) is 0 Å². The number of benzene rings is 1. The fraction of sp³-hybridized carbons (Fsp3) is 0.455. The molecule has 1 aromatic rings. The number of nitro groups is 1. The van der Waals surface area contributed by atoms with Crippen molar-refractivity contribution >= 4 is 5.69 Å². The summed E-state index contributed by atoms with van der Waals surface area (Å²) in [4.78, 5) is 10.5. The number of hydrogen-bond donors (Lipinski definition) is 1. The number of nitrogens with zero attached hydrogens (tertiary/aromatic N) is 1. The summed E-state index contributed by atoms with van der Waals surface area (Å²) in [7, 11) is 0. The summed E-state index contributed by atoms with van der Waals surface area (Å²) in [6, 6.07) is 3.69. The van der Waals surface area contributed by atoms with Gasteiger partial charge in [-0.1, -0.05) is 0 Å². The Morgan fingerprint density at radius 1 is 1.33 bits per heavy atom. The molecule has 1 aliphatic rings. The van der Waals surface area contributed by atoms with Gasteiger partial charge < -0.3 is 5.73 Å². The van der Waals surface area contributed by atoms with Gasteiger partial charge in [-0.3, -0.25) is 10.1 Å². The third-order valence-electron chi connectivity index (χ3n) is 3.04. The molecular weight excluding hydrogens is 192 g/mol. The lowest BCUT2D eigenvalue weighted by atomic mass is 9.98. The van der Waals surface area contributed by atoms with Crippen molar-refractivity contribution < 1.29 is 4.92 Å². The second-order valence-corrected chi connectivity index (χ2v) is 4.37. The second-order valence-electron chi connectivity index (χ2n) is 4.37. The maximum atomic E-state index is 10.8.